The highest BCUT2D eigenvalue weighted by atomic mass is 79.9. The van der Waals surface area contributed by atoms with Crippen LogP contribution in [0, 0.1) is 11.3 Å². The van der Waals surface area contributed by atoms with Crippen LogP contribution in [0.1, 0.15) is 5.56 Å². The van der Waals surface area contributed by atoms with E-state index in [1.807, 2.05) is 30.3 Å². The van der Waals surface area contributed by atoms with Crippen LogP contribution in [0.4, 0.5) is 0 Å². The molecule has 112 valence electrons. The van der Waals surface area contributed by atoms with Crippen molar-refractivity contribution in [2.75, 3.05) is 0 Å². The minimum Gasteiger partial charge on any atom is -0.507 e. The van der Waals surface area contributed by atoms with E-state index in [-0.39, 0.29) is 11.3 Å². The number of phenolic OH excluding ortho intramolecular Hbond substituents is 1. The summed E-state index contributed by atoms with van der Waals surface area (Å²) in [7, 11) is 0. The molecule has 2 N–H and O–H groups in total. The molecule has 0 aliphatic rings. The van der Waals surface area contributed by atoms with Crippen molar-refractivity contribution in [3.8, 4) is 34.2 Å². The number of nitrogens with zero attached hydrogens (tertiary/aromatic N) is 1. The minimum absolute atomic E-state index is 0.0210. The number of nitriles is 1. The average Bonchev–Trinajstić information content (AvgIpc) is 2.55. The molecule has 0 bridgehead atoms. The van der Waals surface area contributed by atoms with Crippen LogP contribution in [0.5, 0.6) is 5.75 Å². The summed E-state index contributed by atoms with van der Waals surface area (Å²) in [6.07, 6.45) is 0. The lowest BCUT2D eigenvalue weighted by Gasteiger charge is -2.10. The summed E-state index contributed by atoms with van der Waals surface area (Å²) in [5.41, 5.74) is 1.70. The van der Waals surface area contributed by atoms with Gasteiger partial charge in [0.15, 0.2) is 0 Å². The number of aromatic amines is 1. The highest BCUT2D eigenvalue weighted by molar-refractivity contribution is 9.10. The van der Waals surface area contributed by atoms with Crippen LogP contribution in [-0.4, -0.2) is 10.1 Å². The maximum absolute atomic E-state index is 12.3. The molecule has 0 aliphatic carbocycles. The van der Waals surface area contributed by atoms with Crippen LogP contribution >= 0.6 is 15.9 Å². The molecule has 0 saturated heterocycles. The average molecular weight is 367 g/mol. The Hall–Kier alpha value is -2.84. The van der Waals surface area contributed by atoms with Crippen LogP contribution < -0.4 is 5.56 Å². The van der Waals surface area contributed by atoms with E-state index >= 15 is 0 Å². The van der Waals surface area contributed by atoms with Gasteiger partial charge in [0, 0.05) is 21.2 Å². The number of pyridine rings is 1. The molecule has 1 heterocycles. The van der Waals surface area contributed by atoms with E-state index in [1.165, 1.54) is 6.07 Å². The number of H-pyrrole nitrogens is 1. The van der Waals surface area contributed by atoms with Crippen molar-refractivity contribution in [3.63, 3.8) is 0 Å². The maximum Gasteiger partial charge on any atom is 0.266 e. The van der Waals surface area contributed by atoms with Gasteiger partial charge in [-0.1, -0.05) is 52.3 Å². The smallest absolute Gasteiger partial charge is 0.266 e. The van der Waals surface area contributed by atoms with Crippen molar-refractivity contribution in [2.24, 2.45) is 0 Å². The fraction of sp³-hybridized carbons (Fsp3) is 0. The number of phenols is 1. The van der Waals surface area contributed by atoms with Gasteiger partial charge in [-0.15, -0.1) is 0 Å². The van der Waals surface area contributed by atoms with Crippen LogP contribution in [0.25, 0.3) is 22.4 Å². The Bertz CT molecular complexity index is 987. The van der Waals surface area contributed by atoms with Gasteiger partial charge in [-0.2, -0.15) is 5.26 Å². The fourth-order valence-electron chi connectivity index (χ4n) is 2.41. The van der Waals surface area contributed by atoms with E-state index in [0.717, 1.165) is 10.0 Å². The Morgan fingerprint density at radius 3 is 2.30 bits per heavy atom. The summed E-state index contributed by atoms with van der Waals surface area (Å²) in [6.45, 7) is 0. The number of hydrogen-bond acceptors (Lipinski definition) is 3. The van der Waals surface area contributed by atoms with E-state index < -0.39 is 5.56 Å². The summed E-state index contributed by atoms with van der Waals surface area (Å²) < 4.78 is 0.823. The standard InChI is InChI=1S/C18H11BrN2O2/c19-15-7-3-1-6-12(15)16-9-13(14(10-20)18(23)21-16)11-5-2-4-8-17(11)22/h1-9,22H,(H,21,23). The molecule has 0 fully saturated rings. The summed E-state index contributed by atoms with van der Waals surface area (Å²) >= 11 is 3.45. The Balaban J connectivity index is 2.33. The molecule has 0 radical (unpaired) electrons. The number of benzene rings is 2. The predicted octanol–water partition coefficient (Wildman–Crippen LogP) is 4.05. The third-order valence-corrected chi connectivity index (χ3v) is 4.19. The maximum atomic E-state index is 12.3. The van der Waals surface area contributed by atoms with Crippen LogP contribution in [-0.2, 0) is 0 Å². The quantitative estimate of drug-likeness (QED) is 0.718. The van der Waals surface area contributed by atoms with Crippen molar-refractivity contribution in [2.45, 2.75) is 0 Å². The first kappa shape index (κ1) is 15.1. The number of rotatable bonds is 2. The van der Waals surface area contributed by atoms with Gasteiger partial charge in [-0.05, 0) is 18.2 Å². The second-order valence-electron chi connectivity index (χ2n) is 4.91. The van der Waals surface area contributed by atoms with Gasteiger partial charge in [0.2, 0.25) is 0 Å². The van der Waals surface area contributed by atoms with Gasteiger partial charge in [-0.25, -0.2) is 0 Å². The Morgan fingerprint density at radius 1 is 1.00 bits per heavy atom. The van der Waals surface area contributed by atoms with Crippen molar-refractivity contribution in [3.05, 3.63) is 75.0 Å². The monoisotopic (exact) mass is 366 g/mol. The van der Waals surface area contributed by atoms with Crippen LogP contribution in [0.15, 0.2) is 63.9 Å². The first-order valence-corrected chi connectivity index (χ1v) is 7.62. The summed E-state index contributed by atoms with van der Waals surface area (Å²) in [4.78, 5) is 15.0. The van der Waals surface area contributed by atoms with E-state index in [1.54, 1.807) is 24.3 Å². The lowest BCUT2D eigenvalue weighted by molar-refractivity contribution is 0.477. The number of para-hydroxylation sites is 1. The molecule has 4 nitrogen and oxygen atoms in total. The highest BCUT2D eigenvalue weighted by Crippen LogP contribution is 2.33. The molecule has 0 aliphatic heterocycles. The second kappa shape index (κ2) is 6.11. The fourth-order valence-corrected chi connectivity index (χ4v) is 2.91. The molecule has 0 atom stereocenters. The van der Waals surface area contributed by atoms with Gasteiger partial charge in [0.1, 0.15) is 17.4 Å². The molecule has 5 heteroatoms. The van der Waals surface area contributed by atoms with Gasteiger partial charge < -0.3 is 10.1 Å². The molecule has 0 amide bonds. The van der Waals surface area contributed by atoms with E-state index in [2.05, 4.69) is 20.9 Å². The summed E-state index contributed by atoms with van der Waals surface area (Å²) in [6, 6.07) is 17.7. The molecule has 0 unspecified atom stereocenters. The lowest BCUT2D eigenvalue weighted by Crippen LogP contribution is -2.12. The van der Waals surface area contributed by atoms with Crippen LogP contribution in [0.2, 0.25) is 0 Å². The van der Waals surface area contributed by atoms with Gasteiger partial charge in [0.25, 0.3) is 5.56 Å². The first-order chi connectivity index (χ1) is 11.1. The molecule has 0 spiro atoms. The summed E-state index contributed by atoms with van der Waals surface area (Å²) in [5.74, 6) is 0.0210. The van der Waals surface area contributed by atoms with Crippen molar-refractivity contribution >= 4 is 15.9 Å². The lowest BCUT2D eigenvalue weighted by atomic mass is 9.98. The van der Waals surface area contributed by atoms with Gasteiger partial charge >= 0.3 is 0 Å². The molecular formula is C18H11BrN2O2. The van der Waals surface area contributed by atoms with Gasteiger partial charge in [0.05, 0.1) is 5.69 Å². The van der Waals surface area contributed by atoms with E-state index in [9.17, 15) is 15.2 Å². The number of hydrogen-bond donors (Lipinski definition) is 2. The number of aromatic nitrogens is 1. The minimum atomic E-state index is -0.487. The normalized spacial score (nSPS) is 10.3. The number of nitrogens with one attached hydrogen (secondary N) is 1. The Kier molecular flexibility index (Phi) is 4.00. The third-order valence-electron chi connectivity index (χ3n) is 3.50. The summed E-state index contributed by atoms with van der Waals surface area (Å²) in [5, 5.41) is 19.4. The molecule has 1 aromatic heterocycles. The largest absolute Gasteiger partial charge is 0.507 e. The zero-order valence-electron chi connectivity index (χ0n) is 11.9. The zero-order valence-corrected chi connectivity index (χ0v) is 13.5. The molecule has 3 rings (SSSR count). The zero-order chi connectivity index (χ0) is 16.4. The molecular weight excluding hydrogens is 356 g/mol. The topological polar surface area (TPSA) is 76.9 Å². The Morgan fingerprint density at radius 2 is 1.65 bits per heavy atom. The van der Waals surface area contributed by atoms with Crippen molar-refractivity contribution in [1.82, 2.24) is 4.98 Å². The van der Waals surface area contributed by atoms with Crippen molar-refractivity contribution in [1.29, 1.82) is 5.26 Å². The molecule has 2 aromatic carbocycles. The number of halogens is 1. The van der Waals surface area contributed by atoms with Crippen LogP contribution in [0.3, 0.4) is 0 Å². The predicted molar refractivity (Wildman–Crippen MR) is 92.0 cm³/mol. The second-order valence-corrected chi connectivity index (χ2v) is 5.76. The third kappa shape index (κ3) is 2.77. The SMILES string of the molecule is N#Cc1c(-c2ccccc2O)cc(-c2ccccc2Br)[nH]c1=O. The highest BCUT2D eigenvalue weighted by Gasteiger charge is 2.15. The number of aromatic hydroxyl groups is 1. The van der Waals surface area contributed by atoms with Gasteiger partial charge in [-0.3, -0.25) is 4.79 Å². The first-order valence-electron chi connectivity index (χ1n) is 6.82. The Labute approximate surface area is 140 Å². The molecule has 0 saturated carbocycles. The van der Waals surface area contributed by atoms with Crippen molar-refractivity contribution < 1.29 is 5.11 Å². The van der Waals surface area contributed by atoms with E-state index in [0.29, 0.717) is 16.8 Å². The molecule has 3 aromatic rings. The van der Waals surface area contributed by atoms with E-state index in [4.69, 9.17) is 0 Å². The molecule has 23 heavy (non-hydrogen) atoms.